The van der Waals surface area contributed by atoms with Gasteiger partial charge in [0.15, 0.2) is 0 Å². The molecule has 21 heavy (non-hydrogen) atoms. The van der Waals surface area contributed by atoms with Gasteiger partial charge >= 0.3 is 5.97 Å². The summed E-state index contributed by atoms with van der Waals surface area (Å²) in [4.78, 5) is 10.9. The summed E-state index contributed by atoms with van der Waals surface area (Å²) in [6, 6.07) is 7.01. The first-order chi connectivity index (χ1) is 9.90. The number of aromatic carboxylic acids is 1. The molecule has 0 aromatic heterocycles. The highest BCUT2D eigenvalue weighted by atomic mass is 79.9. The summed E-state index contributed by atoms with van der Waals surface area (Å²) in [5.74, 6) is -1.60. The van der Waals surface area contributed by atoms with Gasteiger partial charge in [0.25, 0.3) is 0 Å². The van der Waals surface area contributed by atoms with Crippen molar-refractivity contribution >= 4 is 50.8 Å². The van der Waals surface area contributed by atoms with Crippen LogP contribution in [-0.4, -0.2) is 11.1 Å². The second kappa shape index (κ2) is 6.64. The molecule has 0 heterocycles. The molecule has 0 unspecified atom stereocenters. The van der Waals surface area contributed by atoms with E-state index in [-0.39, 0.29) is 17.7 Å². The summed E-state index contributed by atoms with van der Waals surface area (Å²) >= 11 is 15.3. The molecular formula is C14H9BrCl2FNO2. The molecule has 0 fully saturated rings. The van der Waals surface area contributed by atoms with Gasteiger partial charge in [0.2, 0.25) is 0 Å². The molecule has 0 aliphatic carbocycles. The molecule has 2 aromatic carbocycles. The maximum Gasteiger partial charge on any atom is 0.335 e. The lowest BCUT2D eigenvalue weighted by atomic mass is 10.1. The topological polar surface area (TPSA) is 49.3 Å². The number of hydrogen-bond acceptors (Lipinski definition) is 2. The van der Waals surface area contributed by atoms with Crippen molar-refractivity contribution in [3.05, 3.63) is 61.8 Å². The number of halogens is 4. The van der Waals surface area contributed by atoms with E-state index < -0.39 is 11.8 Å². The van der Waals surface area contributed by atoms with Crippen LogP contribution in [0.15, 0.2) is 34.8 Å². The van der Waals surface area contributed by atoms with E-state index in [9.17, 15) is 9.18 Å². The van der Waals surface area contributed by atoms with E-state index in [1.165, 1.54) is 12.1 Å². The molecule has 0 aliphatic rings. The van der Waals surface area contributed by atoms with E-state index in [4.69, 9.17) is 28.3 Å². The Hall–Kier alpha value is -1.30. The zero-order valence-electron chi connectivity index (χ0n) is 10.5. The smallest absolute Gasteiger partial charge is 0.335 e. The van der Waals surface area contributed by atoms with Crippen LogP contribution >= 0.6 is 39.1 Å². The van der Waals surface area contributed by atoms with Crippen LogP contribution in [0.25, 0.3) is 0 Å². The first-order valence-electron chi connectivity index (χ1n) is 5.79. The fourth-order valence-electron chi connectivity index (χ4n) is 1.70. The van der Waals surface area contributed by atoms with E-state index in [1.54, 1.807) is 12.1 Å². The summed E-state index contributed by atoms with van der Waals surface area (Å²) in [5, 5.41) is 12.5. The predicted octanol–water partition coefficient (Wildman–Crippen LogP) is 5.21. The Kier molecular flexibility index (Phi) is 5.08. The summed E-state index contributed by atoms with van der Waals surface area (Å²) < 4.78 is 14.3. The lowest BCUT2D eigenvalue weighted by molar-refractivity contribution is 0.0696. The molecular weight excluding hydrogens is 384 g/mol. The quantitative estimate of drug-likeness (QED) is 0.702. The average molecular weight is 393 g/mol. The highest BCUT2D eigenvalue weighted by Crippen LogP contribution is 2.36. The van der Waals surface area contributed by atoms with E-state index in [2.05, 4.69) is 21.2 Å². The van der Waals surface area contributed by atoms with Crippen LogP contribution in [0, 0.1) is 5.82 Å². The van der Waals surface area contributed by atoms with Crippen molar-refractivity contribution in [2.75, 3.05) is 5.32 Å². The van der Waals surface area contributed by atoms with Crippen LogP contribution < -0.4 is 5.32 Å². The van der Waals surface area contributed by atoms with Gasteiger partial charge in [-0.15, -0.1) is 0 Å². The number of rotatable bonds is 4. The normalized spacial score (nSPS) is 10.5. The number of carboxylic acids is 1. The molecule has 0 amide bonds. The van der Waals surface area contributed by atoms with Gasteiger partial charge in [0.05, 0.1) is 21.3 Å². The van der Waals surface area contributed by atoms with E-state index in [0.717, 1.165) is 6.07 Å². The second-order valence-corrected chi connectivity index (χ2v) is 5.80. The van der Waals surface area contributed by atoms with Gasteiger partial charge in [-0.25, -0.2) is 9.18 Å². The third kappa shape index (κ3) is 3.67. The average Bonchev–Trinajstić information content (AvgIpc) is 2.45. The fraction of sp³-hybridized carbons (Fsp3) is 0.0714. The minimum absolute atomic E-state index is 0.0214. The number of hydrogen-bond donors (Lipinski definition) is 2. The number of benzene rings is 2. The number of nitrogens with one attached hydrogen (secondary N) is 1. The monoisotopic (exact) mass is 391 g/mol. The zero-order valence-corrected chi connectivity index (χ0v) is 13.6. The third-order valence-corrected chi connectivity index (χ3v) is 4.57. The van der Waals surface area contributed by atoms with E-state index in [1.807, 2.05) is 0 Å². The van der Waals surface area contributed by atoms with Crippen LogP contribution in [0.1, 0.15) is 15.9 Å². The molecule has 0 atom stereocenters. The van der Waals surface area contributed by atoms with Crippen molar-refractivity contribution in [2.45, 2.75) is 6.54 Å². The Balaban J connectivity index is 2.22. The summed E-state index contributed by atoms with van der Waals surface area (Å²) in [5.41, 5.74) is 0.781. The number of carboxylic acid groups (broad SMARTS) is 1. The summed E-state index contributed by atoms with van der Waals surface area (Å²) in [7, 11) is 0. The molecule has 0 bridgehead atoms. The highest BCUT2D eigenvalue weighted by molar-refractivity contribution is 9.10. The lowest BCUT2D eigenvalue weighted by Gasteiger charge is -2.11. The fourth-order valence-corrected chi connectivity index (χ4v) is 2.54. The van der Waals surface area contributed by atoms with E-state index >= 15 is 0 Å². The molecule has 0 aliphatic heterocycles. The van der Waals surface area contributed by atoms with Gasteiger partial charge in [-0.1, -0.05) is 23.2 Å². The Morgan fingerprint density at radius 1 is 1.24 bits per heavy atom. The first kappa shape index (κ1) is 16.1. The van der Waals surface area contributed by atoms with Gasteiger partial charge < -0.3 is 10.4 Å². The summed E-state index contributed by atoms with van der Waals surface area (Å²) in [6.45, 7) is 0.0879. The lowest BCUT2D eigenvalue weighted by Crippen LogP contribution is -2.05. The number of anilines is 1. The van der Waals surface area contributed by atoms with Crippen LogP contribution in [-0.2, 0) is 6.54 Å². The van der Waals surface area contributed by atoms with Gasteiger partial charge in [-0.05, 0) is 46.3 Å². The predicted molar refractivity (Wildman–Crippen MR) is 84.8 cm³/mol. The molecule has 0 saturated heterocycles. The second-order valence-electron chi connectivity index (χ2n) is 4.19. The zero-order chi connectivity index (χ0) is 15.6. The Bertz CT molecular complexity index is 710. The molecule has 110 valence electrons. The SMILES string of the molecule is O=C(O)c1ccc(F)c(CNc2ccc(Br)c(Cl)c2Cl)c1. The van der Waals surface area contributed by atoms with Gasteiger partial charge in [-0.2, -0.15) is 0 Å². The molecule has 0 radical (unpaired) electrons. The van der Waals surface area contributed by atoms with E-state index in [0.29, 0.717) is 20.2 Å². The Morgan fingerprint density at radius 2 is 1.95 bits per heavy atom. The largest absolute Gasteiger partial charge is 0.478 e. The number of carbonyl (C=O) groups is 1. The van der Waals surface area contributed by atoms with Gasteiger partial charge in [0.1, 0.15) is 5.82 Å². The minimum Gasteiger partial charge on any atom is -0.478 e. The Labute approximate surface area is 138 Å². The van der Waals surface area contributed by atoms with Crippen LogP contribution in [0.5, 0.6) is 0 Å². The van der Waals surface area contributed by atoms with Crippen molar-refractivity contribution in [3.8, 4) is 0 Å². The van der Waals surface area contributed by atoms with Crippen LogP contribution in [0.3, 0.4) is 0 Å². The molecule has 2 rings (SSSR count). The van der Waals surface area contributed by atoms with Gasteiger partial charge in [0, 0.05) is 16.6 Å². The van der Waals surface area contributed by atoms with Crippen molar-refractivity contribution in [1.29, 1.82) is 0 Å². The highest BCUT2D eigenvalue weighted by Gasteiger charge is 2.11. The first-order valence-corrected chi connectivity index (χ1v) is 7.34. The molecule has 3 nitrogen and oxygen atoms in total. The maximum absolute atomic E-state index is 13.7. The molecule has 7 heteroatoms. The Morgan fingerprint density at radius 3 is 2.62 bits per heavy atom. The standard InChI is InChI=1S/C14H9BrCl2FNO2/c15-9-2-4-11(13(17)12(9)16)19-6-8-5-7(14(20)21)1-3-10(8)18/h1-5,19H,6H2,(H,20,21). The van der Waals surface area contributed by atoms with Crippen LogP contribution in [0.2, 0.25) is 10.0 Å². The molecule has 2 aromatic rings. The van der Waals surface area contributed by atoms with Crippen molar-refractivity contribution < 1.29 is 14.3 Å². The van der Waals surface area contributed by atoms with Crippen molar-refractivity contribution in [2.24, 2.45) is 0 Å². The van der Waals surface area contributed by atoms with Crippen molar-refractivity contribution in [3.63, 3.8) is 0 Å². The van der Waals surface area contributed by atoms with Gasteiger partial charge in [-0.3, -0.25) is 0 Å². The van der Waals surface area contributed by atoms with Crippen LogP contribution in [0.4, 0.5) is 10.1 Å². The minimum atomic E-state index is -1.11. The maximum atomic E-state index is 13.7. The summed E-state index contributed by atoms with van der Waals surface area (Å²) in [6.07, 6.45) is 0. The third-order valence-electron chi connectivity index (χ3n) is 2.80. The van der Waals surface area contributed by atoms with Crippen molar-refractivity contribution in [1.82, 2.24) is 0 Å². The molecule has 0 saturated carbocycles. The molecule has 0 spiro atoms. The molecule has 2 N–H and O–H groups in total.